The molecule has 0 aromatic heterocycles. The van der Waals surface area contributed by atoms with E-state index in [-0.39, 0.29) is 11.6 Å². The third-order valence-corrected chi connectivity index (χ3v) is 4.24. The van der Waals surface area contributed by atoms with E-state index in [0.717, 1.165) is 18.2 Å². The first-order chi connectivity index (χ1) is 8.27. The maximum atomic E-state index is 6.04. The maximum absolute atomic E-state index is 6.04. The van der Waals surface area contributed by atoms with Gasteiger partial charge in [-0.3, -0.25) is 0 Å². The van der Waals surface area contributed by atoms with E-state index in [0.29, 0.717) is 0 Å². The van der Waals surface area contributed by atoms with Gasteiger partial charge in [0, 0.05) is 17.1 Å². The van der Waals surface area contributed by atoms with Gasteiger partial charge in [0.05, 0.1) is 12.7 Å². The van der Waals surface area contributed by atoms with Crippen molar-refractivity contribution in [2.24, 2.45) is 0 Å². The molecule has 3 heteroatoms. The van der Waals surface area contributed by atoms with Crippen molar-refractivity contribution in [3.8, 4) is 0 Å². The summed E-state index contributed by atoms with van der Waals surface area (Å²) in [7, 11) is 0. The monoisotopic (exact) mass is 251 g/mol. The van der Waals surface area contributed by atoms with Crippen molar-refractivity contribution in [3.63, 3.8) is 0 Å². The van der Waals surface area contributed by atoms with Crippen LogP contribution >= 0.6 is 11.6 Å². The van der Waals surface area contributed by atoms with Crippen molar-refractivity contribution >= 4 is 11.6 Å². The van der Waals surface area contributed by atoms with E-state index in [2.05, 4.69) is 11.4 Å². The van der Waals surface area contributed by atoms with Gasteiger partial charge >= 0.3 is 0 Å². The maximum Gasteiger partial charge on any atom is 0.0950 e. The molecule has 1 saturated heterocycles. The number of halogens is 1. The van der Waals surface area contributed by atoms with E-state index in [4.69, 9.17) is 16.3 Å². The minimum atomic E-state index is 0.153. The Labute approximate surface area is 107 Å². The Hall–Kier alpha value is -0.570. The van der Waals surface area contributed by atoms with Crippen LogP contribution in [0.5, 0.6) is 0 Å². The first-order valence-electron chi connectivity index (χ1n) is 6.40. The zero-order valence-electron chi connectivity index (χ0n) is 9.92. The van der Waals surface area contributed by atoms with Crippen molar-refractivity contribution in [2.75, 3.05) is 13.2 Å². The fourth-order valence-electron chi connectivity index (χ4n) is 2.97. The molecule has 1 saturated carbocycles. The molecule has 1 aromatic carbocycles. The normalized spacial score (nSPS) is 27.5. The van der Waals surface area contributed by atoms with E-state index in [1.165, 1.54) is 31.2 Å². The van der Waals surface area contributed by atoms with Gasteiger partial charge in [-0.1, -0.05) is 36.6 Å². The highest BCUT2D eigenvalue weighted by atomic mass is 35.5. The van der Waals surface area contributed by atoms with Gasteiger partial charge in [-0.05, 0) is 30.5 Å². The summed E-state index contributed by atoms with van der Waals surface area (Å²) in [5.74, 6) is 0. The lowest BCUT2D eigenvalue weighted by atomic mass is 9.95. The number of hydrogen-bond donors (Lipinski definition) is 1. The van der Waals surface area contributed by atoms with Gasteiger partial charge < -0.3 is 10.1 Å². The minimum absolute atomic E-state index is 0.153. The van der Waals surface area contributed by atoms with Gasteiger partial charge in [-0.25, -0.2) is 0 Å². The molecule has 1 spiro atoms. The smallest absolute Gasteiger partial charge is 0.0950 e. The second-order valence-corrected chi connectivity index (χ2v) is 5.66. The van der Waals surface area contributed by atoms with Gasteiger partial charge in [0.2, 0.25) is 0 Å². The van der Waals surface area contributed by atoms with E-state index < -0.39 is 0 Å². The van der Waals surface area contributed by atoms with Crippen molar-refractivity contribution in [1.29, 1.82) is 0 Å². The van der Waals surface area contributed by atoms with Crippen LogP contribution in [-0.4, -0.2) is 18.7 Å². The molecule has 0 radical (unpaired) electrons. The number of ether oxygens (including phenoxy) is 1. The summed E-state index contributed by atoms with van der Waals surface area (Å²) < 4.78 is 6.04. The van der Waals surface area contributed by atoms with Crippen molar-refractivity contribution in [1.82, 2.24) is 5.32 Å². The quantitative estimate of drug-likeness (QED) is 0.827. The Morgan fingerprint density at radius 2 is 2.12 bits per heavy atom. The largest absolute Gasteiger partial charge is 0.370 e. The number of nitrogens with one attached hydrogen (secondary N) is 1. The van der Waals surface area contributed by atoms with Crippen LogP contribution in [0.2, 0.25) is 5.02 Å². The molecule has 1 atom stereocenters. The average Bonchev–Trinajstić information content (AvgIpc) is 2.79. The highest BCUT2D eigenvalue weighted by molar-refractivity contribution is 6.30. The fourth-order valence-corrected chi connectivity index (χ4v) is 3.17. The predicted molar refractivity (Wildman–Crippen MR) is 69.3 cm³/mol. The molecule has 1 N–H and O–H groups in total. The Morgan fingerprint density at radius 1 is 1.29 bits per heavy atom. The van der Waals surface area contributed by atoms with Gasteiger partial charge in [-0.15, -0.1) is 0 Å². The summed E-state index contributed by atoms with van der Waals surface area (Å²) in [6.45, 7) is 1.74. The molecule has 2 nitrogen and oxygen atoms in total. The SMILES string of the molecule is Clc1cccc(C2CNC3(CCCC3)CO2)c1. The first kappa shape index (κ1) is 11.5. The van der Waals surface area contributed by atoms with E-state index >= 15 is 0 Å². The molecule has 2 fully saturated rings. The molecule has 1 heterocycles. The summed E-state index contributed by atoms with van der Waals surface area (Å²) >= 11 is 6.01. The van der Waals surface area contributed by atoms with Crippen LogP contribution in [0.25, 0.3) is 0 Å². The van der Waals surface area contributed by atoms with E-state index in [1.807, 2.05) is 18.2 Å². The Kier molecular flexibility index (Phi) is 3.12. The Balaban J connectivity index is 1.68. The van der Waals surface area contributed by atoms with Gasteiger partial charge in [0.25, 0.3) is 0 Å². The highest BCUT2D eigenvalue weighted by Gasteiger charge is 2.38. The molecule has 1 aromatic rings. The Bertz CT molecular complexity index is 391. The lowest BCUT2D eigenvalue weighted by molar-refractivity contribution is -0.0326. The molecule has 1 aliphatic carbocycles. The van der Waals surface area contributed by atoms with Crippen LogP contribution in [0, 0.1) is 0 Å². The lowest BCUT2D eigenvalue weighted by Crippen LogP contribution is -2.53. The average molecular weight is 252 g/mol. The molecule has 17 heavy (non-hydrogen) atoms. The zero-order valence-corrected chi connectivity index (χ0v) is 10.7. The molecule has 1 unspecified atom stereocenters. The van der Waals surface area contributed by atoms with Gasteiger partial charge in [-0.2, -0.15) is 0 Å². The zero-order chi connectivity index (χ0) is 11.7. The van der Waals surface area contributed by atoms with E-state index in [1.54, 1.807) is 0 Å². The molecule has 2 aliphatic rings. The van der Waals surface area contributed by atoms with Crippen LogP contribution in [0.3, 0.4) is 0 Å². The van der Waals surface area contributed by atoms with E-state index in [9.17, 15) is 0 Å². The topological polar surface area (TPSA) is 21.3 Å². The summed E-state index contributed by atoms with van der Waals surface area (Å²) in [4.78, 5) is 0. The van der Waals surface area contributed by atoms with Crippen molar-refractivity contribution < 1.29 is 4.74 Å². The lowest BCUT2D eigenvalue weighted by Gasteiger charge is -2.38. The third-order valence-electron chi connectivity index (χ3n) is 4.00. The molecule has 1 aliphatic heterocycles. The number of benzene rings is 1. The highest BCUT2D eigenvalue weighted by Crippen LogP contribution is 2.35. The summed E-state index contributed by atoms with van der Waals surface area (Å²) in [6.07, 6.45) is 5.33. The minimum Gasteiger partial charge on any atom is -0.370 e. The van der Waals surface area contributed by atoms with Gasteiger partial charge in [0.15, 0.2) is 0 Å². The first-order valence-corrected chi connectivity index (χ1v) is 6.77. The standard InChI is InChI=1S/C14H18ClNO/c15-12-5-3-4-11(8-12)13-9-16-14(10-17-13)6-1-2-7-14/h3-5,8,13,16H,1-2,6-7,9-10H2. The molecule has 3 rings (SSSR count). The second-order valence-electron chi connectivity index (χ2n) is 5.22. The van der Waals surface area contributed by atoms with Crippen LogP contribution in [0.1, 0.15) is 37.4 Å². The van der Waals surface area contributed by atoms with Crippen LogP contribution in [0.4, 0.5) is 0 Å². The molecule has 92 valence electrons. The Morgan fingerprint density at radius 3 is 2.76 bits per heavy atom. The summed E-state index contributed by atoms with van der Waals surface area (Å²) in [5, 5.41) is 4.48. The molecular weight excluding hydrogens is 234 g/mol. The summed E-state index contributed by atoms with van der Waals surface area (Å²) in [5.41, 5.74) is 1.45. The van der Waals surface area contributed by atoms with Crippen molar-refractivity contribution in [2.45, 2.75) is 37.3 Å². The van der Waals surface area contributed by atoms with Crippen LogP contribution in [0.15, 0.2) is 24.3 Å². The third kappa shape index (κ3) is 2.35. The molecule has 0 amide bonds. The van der Waals surface area contributed by atoms with Crippen LogP contribution < -0.4 is 5.32 Å². The van der Waals surface area contributed by atoms with Gasteiger partial charge in [0.1, 0.15) is 0 Å². The van der Waals surface area contributed by atoms with Crippen molar-refractivity contribution in [3.05, 3.63) is 34.9 Å². The number of hydrogen-bond acceptors (Lipinski definition) is 2. The van der Waals surface area contributed by atoms with Crippen LogP contribution in [-0.2, 0) is 4.74 Å². The molecular formula is C14H18ClNO. The summed E-state index contributed by atoms with van der Waals surface area (Å²) in [6, 6.07) is 7.98. The second kappa shape index (κ2) is 4.60. The number of rotatable bonds is 1. The number of morpholine rings is 1. The predicted octanol–water partition coefficient (Wildman–Crippen LogP) is 3.31. The molecule has 0 bridgehead atoms. The fraction of sp³-hybridized carbons (Fsp3) is 0.571.